The molecule has 2 rings (SSSR count). The van der Waals surface area contributed by atoms with Crippen molar-refractivity contribution in [3.8, 4) is 0 Å². The van der Waals surface area contributed by atoms with Gasteiger partial charge in [-0.05, 0) is 49.8 Å². The first-order chi connectivity index (χ1) is 15.4. The number of allylic oxidation sites excluding steroid dienone is 2. The number of hydrogen-bond acceptors (Lipinski definition) is 1. The lowest BCUT2D eigenvalue weighted by Gasteiger charge is -2.22. The van der Waals surface area contributed by atoms with Crippen LogP contribution in [-0.2, 0) is 13.1 Å². The summed E-state index contributed by atoms with van der Waals surface area (Å²) >= 11 is 0. The van der Waals surface area contributed by atoms with Gasteiger partial charge in [-0.3, -0.25) is 4.90 Å². The summed E-state index contributed by atoms with van der Waals surface area (Å²) in [5, 5.41) is 0. The molecule has 1 nitrogen and oxygen atoms in total. The van der Waals surface area contributed by atoms with Crippen molar-refractivity contribution >= 4 is 0 Å². The Kier molecular flexibility index (Phi) is 14.6. The molecule has 2 aromatic carbocycles. The summed E-state index contributed by atoms with van der Waals surface area (Å²) in [7, 11) is 0. The van der Waals surface area contributed by atoms with Crippen LogP contribution < -0.4 is 0 Å². The van der Waals surface area contributed by atoms with Crippen LogP contribution in [0.2, 0.25) is 0 Å². The number of nitrogens with zero attached hydrogens (tertiary/aromatic N) is 1. The fourth-order valence-corrected chi connectivity index (χ4v) is 4.13. The number of hydrogen-bond donors (Lipinski definition) is 0. The molecule has 0 bridgehead atoms. The van der Waals surface area contributed by atoms with Crippen molar-refractivity contribution in [2.24, 2.45) is 0 Å². The zero-order chi connectivity index (χ0) is 21.8. The van der Waals surface area contributed by atoms with Crippen LogP contribution in [0.3, 0.4) is 0 Å². The van der Waals surface area contributed by atoms with Crippen LogP contribution in [0.15, 0.2) is 72.8 Å². The summed E-state index contributed by atoms with van der Waals surface area (Å²) in [5.74, 6) is 0. The van der Waals surface area contributed by atoms with E-state index in [1.807, 2.05) is 0 Å². The average Bonchev–Trinajstić information content (AvgIpc) is 2.80. The van der Waals surface area contributed by atoms with E-state index in [0.29, 0.717) is 0 Å². The van der Waals surface area contributed by atoms with Crippen molar-refractivity contribution in [2.45, 2.75) is 97.1 Å². The van der Waals surface area contributed by atoms with Gasteiger partial charge < -0.3 is 0 Å². The Bertz CT molecular complexity index is 620. The van der Waals surface area contributed by atoms with Crippen molar-refractivity contribution in [1.82, 2.24) is 4.90 Å². The maximum absolute atomic E-state index is 2.60. The molecule has 0 saturated carbocycles. The summed E-state index contributed by atoms with van der Waals surface area (Å²) in [5.41, 5.74) is 2.82. The normalized spacial score (nSPS) is 11.5. The molecular weight excluding hydrogens is 374 g/mol. The van der Waals surface area contributed by atoms with Crippen molar-refractivity contribution in [2.75, 3.05) is 6.54 Å². The lowest BCUT2D eigenvalue weighted by Crippen LogP contribution is -2.24. The fraction of sp³-hybridized carbons (Fsp3) is 0.533. The average molecular weight is 420 g/mol. The molecule has 0 aliphatic carbocycles. The lowest BCUT2D eigenvalue weighted by molar-refractivity contribution is 0.250. The van der Waals surface area contributed by atoms with Crippen LogP contribution in [0.5, 0.6) is 0 Å². The third-order valence-electron chi connectivity index (χ3n) is 5.98. The van der Waals surface area contributed by atoms with Crippen molar-refractivity contribution in [3.05, 3.63) is 83.9 Å². The van der Waals surface area contributed by atoms with Crippen LogP contribution in [0.25, 0.3) is 0 Å². The molecule has 0 radical (unpaired) electrons. The van der Waals surface area contributed by atoms with Gasteiger partial charge in [0, 0.05) is 13.1 Å². The van der Waals surface area contributed by atoms with E-state index in [1.165, 1.54) is 94.7 Å². The molecule has 0 aromatic heterocycles. The van der Waals surface area contributed by atoms with E-state index < -0.39 is 0 Å². The van der Waals surface area contributed by atoms with Gasteiger partial charge >= 0.3 is 0 Å². The van der Waals surface area contributed by atoms with Crippen LogP contribution in [0.1, 0.15) is 95.1 Å². The second-order valence-corrected chi connectivity index (χ2v) is 8.91. The summed E-state index contributed by atoms with van der Waals surface area (Å²) in [6.45, 7) is 5.53. The highest BCUT2D eigenvalue weighted by molar-refractivity contribution is 5.17. The molecule has 31 heavy (non-hydrogen) atoms. The number of unbranched alkanes of at least 4 members (excludes halogenated alkanes) is 10. The van der Waals surface area contributed by atoms with Crippen LogP contribution >= 0.6 is 0 Å². The predicted molar refractivity (Wildman–Crippen MR) is 137 cm³/mol. The Morgan fingerprint density at radius 1 is 0.548 bits per heavy atom. The van der Waals surface area contributed by atoms with E-state index in [2.05, 4.69) is 84.6 Å². The zero-order valence-electron chi connectivity index (χ0n) is 20.0. The molecule has 0 aliphatic heterocycles. The van der Waals surface area contributed by atoms with Gasteiger partial charge in [0.1, 0.15) is 0 Å². The van der Waals surface area contributed by atoms with Crippen molar-refractivity contribution < 1.29 is 0 Å². The van der Waals surface area contributed by atoms with Gasteiger partial charge in [-0.2, -0.15) is 0 Å². The van der Waals surface area contributed by atoms with E-state index in [0.717, 1.165) is 13.1 Å². The standard InChI is InChI=1S/C30H45N/c1-2-3-4-5-6-7-8-9-10-11-12-13-14-21-26-31(27-29-22-17-15-18-23-29)28-30-24-19-16-20-25-30/h10-11,15-20,22-25H,2-9,12-14,21,26-28H2,1H3/b11-10+. The second-order valence-electron chi connectivity index (χ2n) is 8.91. The van der Waals surface area contributed by atoms with Crippen LogP contribution in [0, 0.1) is 0 Å². The minimum atomic E-state index is 1.04. The van der Waals surface area contributed by atoms with E-state index in [4.69, 9.17) is 0 Å². The zero-order valence-corrected chi connectivity index (χ0v) is 20.0. The smallest absolute Gasteiger partial charge is 0.0237 e. The summed E-state index contributed by atoms with van der Waals surface area (Å²) in [4.78, 5) is 2.60. The Balaban J connectivity index is 1.57. The predicted octanol–water partition coefficient (Wildman–Crippen LogP) is 8.95. The van der Waals surface area contributed by atoms with Crippen molar-refractivity contribution in [3.63, 3.8) is 0 Å². The monoisotopic (exact) mass is 419 g/mol. The third-order valence-corrected chi connectivity index (χ3v) is 5.98. The minimum absolute atomic E-state index is 1.04. The van der Waals surface area contributed by atoms with Crippen molar-refractivity contribution in [1.29, 1.82) is 0 Å². The Hall–Kier alpha value is -1.86. The molecule has 0 N–H and O–H groups in total. The molecule has 0 amide bonds. The van der Waals surface area contributed by atoms with Crippen LogP contribution in [0.4, 0.5) is 0 Å². The quantitative estimate of drug-likeness (QED) is 0.172. The molecule has 0 spiro atoms. The number of rotatable bonds is 18. The second kappa shape index (κ2) is 17.8. The maximum Gasteiger partial charge on any atom is 0.0237 e. The Labute approximate surface area is 192 Å². The molecule has 0 atom stereocenters. The highest BCUT2D eigenvalue weighted by atomic mass is 15.1. The lowest BCUT2D eigenvalue weighted by atomic mass is 10.1. The summed E-state index contributed by atoms with van der Waals surface area (Å²) in [6.07, 6.45) is 21.1. The van der Waals surface area contributed by atoms with Gasteiger partial charge in [0.2, 0.25) is 0 Å². The summed E-state index contributed by atoms with van der Waals surface area (Å²) in [6, 6.07) is 21.8. The number of benzene rings is 2. The van der Waals surface area contributed by atoms with E-state index in [-0.39, 0.29) is 0 Å². The molecule has 0 unspecified atom stereocenters. The van der Waals surface area contributed by atoms with Gasteiger partial charge in [0.15, 0.2) is 0 Å². The minimum Gasteiger partial charge on any atom is -0.295 e. The molecular formula is C30H45N. The van der Waals surface area contributed by atoms with Gasteiger partial charge in [-0.15, -0.1) is 0 Å². The first-order valence-corrected chi connectivity index (χ1v) is 12.8. The van der Waals surface area contributed by atoms with Gasteiger partial charge in [-0.25, -0.2) is 0 Å². The van der Waals surface area contributed by atoms with Gasteiger partial charge in [0.25, 0.3) is 0 Å². The highest BCUT2D eigenvalue weighted by Gasteiger charge is 2.07. The largest absolute Gasteiger partial charge is 0.295 e. The topological polar surface area (TPSA) is 3.24 Å². The molecule has 1 heteroatoms. The molecule has 0 fully saturated rings. The summed E-state index contributed by atoms with van der Waals surface area (Å²) < 4.78 is 0. The molecule has 0 aliphatic rings. The maximum atomic E-state index is 2.60. The molecule has 0 heterocycles. The van der Waals surface area contributed by atoms with E-state index in [9.17, 15) is 0 Å². The fourth-order valence-electron chi connectivity index (χ4n) is 4.13. The van der Waals surface area contributed by atoms with Gasteiger partial charge in [-0.1, -0.05) is 125 Å². The third kappa shape index (κ3) is 13.2. The van der Waals surface area contributed by atoms with Crippen LogP contribution in [-0.4, -0.2) is 11.4 Å². The molecule has 0 saturated heterocycles. The van der Waals surface area contributed by atoms with Gasteiger partial charge in [0.05, 0.1) is 0 Å². The van der Waals surface area contributed by atoms with E-state index >= 15 is 0 Å². The van der Waals surface area contributed by atoms with E-state index in [1.54, 1.807) is 0 Å². The Morgan fingerprint density at radius 2 is 1.00 bits per heavy atom. The Morgan fingerprint density at radius 3 is 1.52 bits per heavy atom. The first kappa shape index (κ1) is 25.4. The first-order valence-electron chi connectivity index (χ1n) is 12.8. The highest BCUT2D eigenvalue weighted by Crippen LogP contribution is 2.13. The molecule has 170 valence electrons. The molecule has 2 aromatic rings. The SMILES string of the molecule is CCCCCCCCC/C=C/CCCCCN(Cc1ccccc1)Cc1ccccc1.